The normalized spacial score (nSPS) is 26.7. The fraction of sp³-hybridized carbons (Fsp3) is 0.889. The van der Waals surface area contributed by atoms with E-state index in [4.69, 9.17) is 14.2 Å². The Balaban J connectivity index is 2.77. The predicted molar refractivity (Wildman–Crippen MR) is 90.5 cm³/mol. The van der Waals surface area contributed by atoms with E-state index in [-0.39, 0.29) is 24.2 Å². The first-order valence-corrected chi connectivity index (χ1v) is 9.26. The summed E-state index contributed by atoms with van der Waals surface area (Å²) in [7, 11) is 0. The van der Waals surface area contributed by atoms with E-state index in [9.17, 15) is 19.8 Å². The number of rotatable bonds is 9. The Bertz CT molecular complexity index is 418. The molecule has 1 rings (SSSR count). The number of carbonyl (C=O) groups excluding carboxylic acids is 2. The van der Waals surface area contributed by atoms with Crippen molar-refractivity contribution in [1.29, 1.82) is 0 Å². The van der Waals surface area contributed by atoms with Crippen LogP contribution in [-0.4, -0.2) is 53.4 Å². The summed E-state index contributed by atoms with van der Waals surface area (Å²) in [5.74, 6) is -1.24. The molecule has 0 aromatic heterocycles. The third-order valence-electron chi connectivity index (χ3n) is 4.85. The molecule has 1 aliphatic rings. The van der Waals surface area contributed by atoms with E-state index in [1.54, 1.807) is 0 Å². The molecule has 2 N–H and O–H groups in total. The van der Waals surface area contributed by atoms with E-state index in [1.807, 2.05) is 27.7 Å². The molecule has 1 fully saturated rings. The second-order valence-corrected chi connectivity index (χ2v) is 6.45. The van der Waals surface area contributed by atoms with Crippen molar-refractivity contribution in [2.45, 2.75) is 84.4 Å². The van der Waals surface area contributed by atoms with Crippen LogP contribution in [0.4, 0.5) is 0 Å². The van der Waals surface area contributed by atoms with Crippen LogP contribution < -0.4 is 0 Å². The molecule has 146 valence electrons. The van der Waals surface area contributed by atoms with Crippen LogP contribution in [0, 0.1) is 11.8 Å². The Labute approximate surface area is 149 Å². The van der Waals surface area contributed by atoms with Crippen molar-refractivity contribution in [2.75, 3.05) is 6.61 Å². The SMILES string of the molecule is CCC(CC)C(=O)O[C@@H]1C[C@@H](OC(=O)C(CC)CC)[C@H](O)[C@@H](CO)O1. The average Bonchev–Trinajstić information content (AvgIpc) is 2.59. The van der Waals surface area contributed by atoms with E-state index in [0.717, 1.165) is 0 Å². The Hall–Kier alpha value is -1.18. The molecule has 1 saturated heterocycles. The van der Waals surface area contributed by atoms with Crippen LogP contribution in [0.25, 0.3) is 0 Å². The highest BCUT2D eigenvalue weighted by atomic mass is 16.7. The number of aliphatic hydroxyl groups excluding tert-OH is 2. The van der Waals surface area contributed by atoms with Crippen LogP contribution in [0.3, 0.4) is 0 Å². The largest absolute Gasteiger partial charge is 0.459 e. The smallest absolute Gasteiger partial charge is 0.311 e. The number of esters is 2. The molecule has 4 atom stereocenters. The van der Waals surface area contributed by atoms with Crippen LogP contribution in [0.5, 0.6) is 0 Å². The monoisotopic (exact) mass is 360 g/mol. The first-order valence-electron chi connectivity index (χ1n) is 9.26. The van der Waals surface area contributed by atoms with Gasteiger partial charge in [-0.2, -0.15) is 0 Å². The Morgan fingerprint density at radius 1 is 1.00 bits per heavy atom. The summed E-state index contributed by atoms with van der Waals surface area (Å²) in [6, 6.07) is 0. The van der Waals surface area contributed by atoms with E-state index >= 15 is 0 Å². The van der Waals surface area contributed by atoms with Gasteiger partial charge in [-0.1, -0.05) is 27.7 Å². The van der Waals surface area contributed by atoms with Gasteiger partial charge >= 0.3 is 11.9 Å². The highest BCUT2D eigenvalue weighted by Gasteiger charge is 2.42. The van der Waals surface area contributed by atoms with Gasteiger partial charge in [0.1, 0.15) is 18.3 Å². The molecule has 7 nitrogen and oxygen atoms in total. The lowest BCUT2D eigenvalue weighted by Crippen LogP contribution is -2.53. The first kappa shape index (κ1) is 21.9. The molecule has 0 spiro atoms. The first-order chi connectivity index (χ1) is 11.9. The van der Waals surface area contributed by atoms with Gasteiger partial charge in [0.25, 0.3) is 0 Å². The second-order valence-electron chi connectivity index (χ2n) is 6.45. The summed E-state index contributed by atoms with van der Waals surface area (Å²) < 4.78 is 16.2. The molecule has 0 aliphatic carbocycles. The average molecular weight is 360 g/mol. The molecule has 0 saturated carbocycles. The number of ether oxygens (including phenoxy) is 3. The molecule has 0 bridgehead atoms. The molecular weight excluding hydrogens is 328 g/mol. The summed E-state index contributed by atoms with van der Waals surface area (Å²) in [4.78, 5) is 24.3. The van der Waals surface area contributed by atoms with Crippen LogP contribution in [-0.2, 0) is 23.8 Å². The zero-order valence-corrected chi connectivity index (χ0v) is 15.6. The van der Waals surface area contributed by atoms with E-state index in [2.05, 4.69) is 0 Å². The zero-order valence-electron chi connectivity index (χ0n) is 15.6. The van der Waals surface area contributed by atoms with Crippen LogP contribution in [0.2, 0.25) is 0 Å². The van der Waals surface area contributed by atoms with Gasteiger partial charge in [0.15, 0.2) is 0 Å². The third kappa shape index (κ3) is 5.94. The van der Waals surface area contributed by atoms with Gasteiger partial charge in [-0.25, -0.2) is 0 Å². The van der Waals surface area contributed by atoms with Crippen molar-refractivity contribution in [1.82, 2.24) is 0 Å². The minimum absolute atomic E-state index is 0.0510. The maximum absolute atomic E-state index is 12.2. The summed E-state index contributed by atoms with van der Waals surface area (Å²) in [6.07, 6.45) is -1.31. The van der Waals surface area contributed by atoms with Crippen molar-refractivity contribution in [3.8, 4) is 0 Å². The molecule has 0 radical (unpaired) electrons. The van der Waals surface area contributed by atoms with Crippen molar-refractivity contribution >= 4 is 11.9 Å². The maximum Gasteiger partial charge on any atom is 0.311 e. The maximum atomic E-state index is 12.2. The van der Waals surface area contributed by atoms with Crippen molar-refractivity contribution < 1.29 is 34.0 Å². The standard InChI is InChI=1S/C18H32O7/c1-5-11(6-2)17(21)24-13-9-15(23-14(10-19)16(13)20)25-18(22)12(7-3)8-4/h11-16,19-20H,5-10H2,1-4H3/t13-,14-,15-,16+/m1/s1. The number of aliphatic hydroxyl groups is 2. The molecule has 25 heavy (non-hydrogen) atoms. The summed E-state index contributed by atoms with van der Waals surface area (Å²) in [5, 5.41) is 19.7. The van der Waals surface area contributed by atoms with Crippen molar-refractivity contribution in [2.24, 2.45) is 11.8 Å². The van der Waals surface area contributed by atoms with Gasteiger partial charge in [0, 0.05) is 0 Å². The van der Waals surface area contributed by atoms with E-state index < -0.39 is 37.2 Å². The molecular formula is C18H32O7. The lowest BCUT2D eigenvalue weighted by atomic mass is 10.00. The van der Waals surface area contributed by atoms with Crippen LogP contribution in [0.1, 0.15) is 59.8 Å². The Kier molecular flexibility index (Phi) is 9.38. The van der Waals surface area contributed by atoms with Crippen molar-refractivity contribution in [3.63, 3.8) is 0 Å². The molecule has 0 unspecified atom stereocenters. The van der Waals surface area contributed by atoms with Gasteiger partial charge < -0.3 is 24.4 Å². The van der Waals surface area contributed by atoms with Crippen LogP contribution >= 0.6 is 0 Å². The van der Waals surface area contributed by atoms with E-state index in [0.29, 0.717) is 25.7 Å². The topological polar surface area (TPSA) is 102 Å². The van der Waals surface area contributed by atoms with Gasteiger partial charge in [0.2, 0.25) is 6.29 Å². The highest BCUT2D eigenvalue weighted by Crippen LogP contribution is 2.26. The molecule has 0 aromatic rings. The molecule has 0 aromatic carbocycles. The highest BCUT2D eigenvalue weighted by molar-refractivity contribution is 5.73. The molecule has 0 amide bonds. The lowest BCUT2D eigenvalue weighted by molar-refractivity contribution is -0.257. The minimum Gasteiger partial charge on any atom is -0.459 e. The van der Waals surface area contributed by atoms with Crippen LogP contribution in [0.15, 0.2) is 0 Å². The number of hydrogen-bond donors (Lipinski definition) is 2. The summed E-state index contributed by atoms with van der Waals surface area (Å²) in [5.41, 5.74) is 0. The molecule has 1 aliphatic heterocycles. The van der Waals surface area contributed by atoms with Gasteiger partial charge in [-0.3, -0.25) is 9.59 Å². The Morgan fingerprint density at radius 2 is 1.48 bits per heavy atom. The number of hydrogen-bond acceptors (Lipinski definition) is 7. The minimum atomic E-state index is -1.16. The molecule has 1 heterocycles. The Morgan fingerprint density at radius 3 is 1.92 bits per heavy atom. The fourth-order valence-electron chi connectivity index (χ4n) is 2.96. The van der Waals surface area contributed by atoms with Gasteiger partial charge in [-0.05, 0) is 25.7 Å². The van der Waals surface area contributed by atoms with E-state index in [1.165, 1.54) is 0 Å². The summed E-state index contributed by atoms with van der Waals surface area (Å²) >= 11 is 0. The summed E-state index contributed by atoms with van der Waals surface area (Å²) in [6.45, 7) is 7.13. The lowest BCUT2D eigenvalue weighted by Gasteiger charge is -2.38. The van der Waals surface area contributed by atoms with Crippen molar-refractivity contribution in [3.05, 3.63) is 0 Å². The number of carbonyl (C=O) groups is 2. The third-order valence-corrected chi connectivity index (χ3v) is 4.85. The second kappa shape index (κ2) is 10.7. The quantitative estimate of drug-likeness (QED) is 0.604. The predicted octanol–water partition coefficient (Wildman–Crippen LogP) is 1.78. The zero-order chi connectivity index (χ0) is 19.0. The van der Waals surface area contributed by atoms with Gasteiger partial charge in [0.05, 0.1) is 24.9 Å². The van der Waals surface area contributed by atoms with Gasteiger partial charge in [-0.15, -0.1) is 0 Å². The molecule has 7 heteroatoms. The fourth-order valence-corrected chi connectivity index (χ4v) is 2.96.